The third-order valence-corrected chi connectivity index (χ3v) is 6.67. The van der Waals surface area contributed by atoms with Gasteiger partial charge in [-0.25, -0.2) is 0 Å². The molecule has 3 fully saturated rings. The highest BCUT2D eigenvalue weighted by atomic mass is 16.5. The molecule has 0 N–H and O–H groups in total. The fourth-order valence-electron chi connectivity index (χ4n) is 5.50. The van der Waals surface area contributed by atoms with Crippen molar-refractivity contribution in [2.24, 2.45) is 40.6 Å². The number of allylic oxidation sites excluding steroid dienone is 2. The van der Waals surface area contributed by atoms with Crippen molar-refractivity contribution >= 4 is 18.0 Å². The monoisotopic (exact) mass is 408 g/mol. The Balaban J connectivity index is 1.40. The molecular formula is C24H28N2O4. The molecule has 0 aromatic heterocycles. The molecule has 6 nitrogen and oxygen atoms in total. The first-order chi connectivity index (χ1) is 14.3. The summed E-state index contributed by atoms with van der Waals surface area (Å²) in [5, 5.41) is 5.44. The summed E-state index contributed by atoms with van der Waals surface area (Å²) in [5.41, 5.74) is 0.708. The molecule has 2 bridgehead atoms. The Hall–Kier alpha value is -2.63. The number of amides is 2. The molecule has 1 saturated heterocycles. The van der Waals surface area contributed by atoms with E-state index in [0.717, 1.165) is 11.4 Å². The molecule has 6 atom stereocenters. The van der Waals surface area contributed by atoms with E-state index in [2.05, 4.69) is 17.3 Å². The van der Waals surface area contributed by atoms with Gasteiger partial charge in [0.1, 0.15) is 11.5 Å². The van der Waals surface area contributed by atoms with Gasteiger partial charge >= 0.3 is 0 Å². The van der Waals surface area contributed by atoms with Gasteiger partial charge in [0.05, 0.1) is 30.3 Å². The molecule has 1 aromatic rings. The summed E-state index contributed by atoms with van der Waals surface area (Å²) >= 11 is 0. The van der Waals surface area contributed by atoms with E-state index in [-0.39, 0.29) is 47.7 Å². The maximum absolute atomic E-state index is 13.1. The SMILES string of the molecule is CC(C)Oc1ccc(/C=N\N2C(=O)[C@@H]3[C@H]4C=C[C@@H]([C@@H]5C[C@H]45)[C@@H]3C2=O)c(OC(C)C)c1. The van der Waals surface area contributed by atoms with Crippen LogP contribution in [-0.2, 0) is 9.59 Å². The van der Waals surface area contributed by atoms with Gasteiger partial charge in [-0.05, 0) is 69.9 Å². The minimum absolute atomic E-state index is 0.0298. The molecule has 2 saturated carbocycles. The lowest BCUT2D eigenvalue weighted by Gasteiger charge is -2.37. The van der Waals surface area contributed by atoms with Gasteiger partial charge in [0.25, 0.3) is 11.8 Å². The van der Waals surface area contributed by atoms with E-state index in [9.17, 15) is 9.59 Å². The lowest BCUT2D eigenvalue weighted by Crippen LogP contribution is -2.40. The molecule has 1 aromatic carbocycles. The number of rotatable bonds is 6. The minimum atomic E-state index is -0.235. The number of imide groups is 1. The summed E-state index contributed by atoms with van der Waals surface area (Å²) in [7, 11) is 0. The van der Waals surface area contributed by atoms with Gasteiger partial charge in [-0.1, -0.05) is 12.2 Å². The zero-order chi connectivity index (χ0) is 21.2. The Labute approximate surface area is 176 Å². The largest absolute Gasteiger partial charge is 0.491 e. The number of nitrogens with zero attached hydrogens (tertiary/aromatic N) is 2. The van der Waals surface area contributed by atoms with Crippen molar-refractivity contribution in [1.29, 1.82) is 0 Å². The molecule has 2 amide bonds. The number of carbonyl (C=O) groups is 2. The van der Waals surface area contributed by atoms with Gasteiger partial charge in [0.2, 0.25) is 0 Å². The third-order valence-electron chi connectivity index (χ3n) is 6.67. The summed E-state index contributed by atoms with van der Waals surface area (Å²) in [6, 6.07) is 5.52. The summed E-state index contributed by atoms with van der Waals surface area (Å²) in [5.74, 6) is 2.12. The minimum Gasteiger partial charge on any atom is -0.491 e. The summed E-state index contributed by atoms with van der Waals surface area (Å²) in [4.78, 5) is 26.1. The van der Waals surface area contributed by atoms with Crippen LogP contribution in [-0.4, -0.2) is 35.2 Å². The molecule has 1 heterocycles. The van der Waals surface area contributed by atoms with E-state index in [1.54, 1.807) is 6.21 Å². The molecule has 1 aliphatic heterocycles. The number of ether oxygens (including phenoxy) is 2. The van der Waals surface area contributed by atoms with Gasteiger partial charge in [0, 0.05) is 11.6 Å². The van der Waals surface area contributed by atoms with Crippen LogP contribution >= 0.6 is 0 Å². The predicted molar refractivity (Wildman–Crippen MR) is 112 cm³/mol. The molecule has 0 spiro atoms. The lowest BCUT2D eigenvalue weighted by atomic mass is 9.63. The maximum atomic E-state index is 13.1. The highest BCUT2D eigenvalue weighted by Crippen LogP contribution is 2.65. The zero-order valence-corrected chi connectivity index (χ0v) is 17.8. The van der Waals surface area contributed by atoms with Crippen molar-refractivity contribution in [2.45, 2.75) is 46.3 Å². The molecule has 0 radical (unpaired) electrons. The first-order valence-electron chi connectivity index (χ1n) is 10.9. The Morgan fingerprint density at radius 1 is 0.967 bits per heavy atom. The normalized spacial score (nSPS) is 33.6. The molecule has 6 heteroatoms. The second-order valence-corrected chi connectivity index (χ2v) is 9.42. The van der Waals surface area contributed by atoms with E-state index in [1.165, 1.54) is 0 Å². The first-order valence-corrected chi connectivity index (χ1v) is 10.9. The Morgan fingerprint density at radius 3 is 2.13 bits per heavy atom. The van der Waals surface area contributed by atoms with Crippen LogP contribution in [0.5, 0.6) is 11.5 Å². The van der Waals surface area contributed by atoms with E-state index < -0.39 is 0 Å². The van der Waals surface area contributed by atoms with Crippen molar-refractivity contribution < 1.29 is 19.1 Å². The predicted octanol–water partition coefficient (Wildman–Crippen LogP) is 3.65. The van der Waals surface area contributed by atoms with Crippen LogP contribution in [0.25, 0.3) is 0 Å². The highest BCUT2D eigenvalue weighted by Gasteiger charge is 2.67. The second kappa shape index (κ2) is 6.96. The first kappa shape index (κ1) is 19.3. The summed E-state index contributed by atoms with van der Waals surface area (Å²) < 4.78 is 11.7. The quantitative estimate of drug-likeness (QED) is 0.409. The van der Waals surface area contributed by atoms with Crippen molar-refractivity contribution in [3.05, 3.63) is 35.9 Å². The van der Waals surface area contributed by atoms with Gasteiger partial charge < -0.3 is 9.47 Å². The van der Waals surface area contributed by atoms with Crippen LogP contribution in [0.3, 0.4) is 0 Å². The fraction of sp³-hybridized carbons (Fsp3) is 0.542. The van der Waals surface area contributed by atoms with Crippen LogP contribution in [0.15, 0.2) is 35.5 Å². The Kier molecular flexibility index (Phi) is 4.49. The molecule has 30 heavy (non-hydrogen) atoms. The Bertz CT molecular complexity index is 915. The van der Waals surface area contributed by atoms with Crippen molar-refractivity contribution in [1.82, 2.24) is 5.01 Å². The third kappa shape index (κ3) is 3.04. The molecule has 158 valence electrons. The Morgan fingerprint density at radius 2 is 1.57 bits per heavy atom. The van der Waals surface area contributed by atoms with Crippen LogP contribution in [0.1, 0.15) is 39.7 Å². The maximum Gasteiger partial charge on any atom is 0.254 e. The molecule has 6 rings (SSSR count). The molecule has 4 aliphatic carbocycles. The summed E-state index contributed by atoms with van der Waals surface area (Å²) in [6.07, 6.45) is 7.06. The number of hydrazone groups is 1. The molecule has 0 unspecified atom stereocenters. The van der Waals surface area contributed by atoms with Crippen molar-refractivity contribution in [3.63, 3.8) is 0 Å². The van der Waals surface area contributed by atoms with Crippen molar-refractivity contribution in [2.75, 3.05) is 0 Å². The second-order valence-electron chi connectivity index (χ2n) is 9.42. The van der Waals surface area contributed by atoms with Crippen LogP contribution in [0, 0.1) is 35.5 Å². The van der Waals surface area contributed by atoms with Crippen LogP contribution in [0.4, 0.5) is 0 Å². The smallest absolute Gasteiger partial charge is 0.254 e. The number of carbonyl (C=O) groups excluding carboxylic acids is 2. The van der Waals surface area contributed by atoms with Gasteiger partial charge in [0.15, 0.2) is 0 Å². The van der Waals surface area contributed by atoms with Gasteiger partial charge in [-0.2, -0.15) is 10.1 Å². The number of hydrogen-bond acceptors (Lipinski definition) is 5. The number of hydrogen-bond donors (Lipinski definition) is 0. The van der Waals surface area contributed by atoms with Gasteiger partial charge in [-0.15, -0.1) is 0 Å². The average molecular weight is 408 g/mol. The van der Waals surface area contributed by atoms with E-state index in [4.69, 9.17) is 9.47 Å². The average Bonchev–Trinajstić information content (AvgIpc) is 3.46. The van der Waals surface area contributed by atoms with Gasteiger partial charge in [-0.3, -0.25) is 9.59 Å². The lowest BCUT2D eigenvalue weighted by molar-refractivity contribution is -0.140. The summed E-state index contributed by atoms with van der Waals surface area (Å²) in [6.45, 7) is 7.83. The van der Waals surface area contributed by atoms with Crippen LogP contribution in [0.2, 0.25) is 0 Å². The van der Waals surface area contributed by atoms with Crippen LogP contribution < -0.4 is 9.47 Å². The number of benzene rings is 1. The topological polar surface area (TPSA) is 68.2 Å². The van der Waals surface area contributed by atoms with E-state index >= 15 is 0 Å². The fourth-order valence-corrected chi connectivity index (χ4v) is 5.50. The van der Waals surface area contributed by atoms with E-state index in [0.29, 0.717) is 28.9 Å². The van der Waals surface area contributed by atoms with Crippen molar-refractivity contribution in [3.8, 4) is 11.5 Å². The highest BCUT2D eigenvalue weighted by molar-refractivity contribution is 6.06. The molecular weight excluding hydrogens is 380 g/mol. The standard InChI is InChI=1S/C24H28N2O4/c1-12(2)29-15-6-5-14(20(9-15)30-13(3)4)11-25-26-23(27)21-16-7-8-17(19-10-18(16)19)22(21)24(26)28/h5-9,11-13,16-19,21-22H,10H2,1-4H3/b25-11-/t16-,17-,18-,19+,21-,22+/m0/s1. The molecule has 5 aliphatic rings. The van der Waals surface area contributed by atoms with E-state index in [1.807, 2.05) is 45.9 Å². The zero-order valence-electron chi connectivity index (χ0n) is 17.8.